The molecule has 1 aromatic carbocycles. The van der Waals surface area contributed by atoms with Crippen molar-refractivity contribution >= 4 is 28.6 Å². The zero-order valence-electron chi connectivity index (χ0n) is 24.0. The lowest BCUT2D eigenvalue weighted by molar-refractivity contribution is 0.0485. The Morgan fingerprint density at radius 2 is 1.90 bits per heavy atom. The van der Waals surface area contributed by atoms with Gasteiger partial charge in [-0.25, -0.2) is 9.78 Å². The Balaban J connectivity index is 1.25. The number of aromatic nitrogens is 3. The van der Waals surface area contributed by atoms with Crippen LogP contribution in [-0.4, -0.2) is 83.8 Å². The van der Waals surface area contributed by atoms with Crippen molar-refractivity contribution < 1.29 is 23.8 Å². The molecule has 2 N–H and O–H groups in total. The minimum absolute atomic E-state index is 0.288. The number of hydrogen-bond acceptors (Lipinski definition) is 8. The number of nitrogens with one attached hydrogen (secondary N) is 2. The van der Waals surface area contributed by atoms with Crippen molar-refractivity contribution in [3.05, 3.63) is 47.9 Å². The van der Waals surface area contributed by atoms with Crippen molar-refractivity contribution in [2.24, 2.45) is 0 Å². The lowest BCUT2D eigenvalue weighted by Gasteiger charge is -2.31. The number of methoxy groups -OCH3 is 1. The van der Waals surface area contributed by atoms with Gasteiger partial charge in [0.1, 0.15) is 17.0 Å². The number of alkyl carbamates (subject to hydrolysis) is 1. The van der Waals surface area contributed by atoms with Crippen LogP contribution in [0.3, 0.4) is 0 Å². The molecule has 1 fully saturated rings. The Kier molecular flexibility index (Phi) is 9.59. The van der Waals surface area contributed by atoms with Crippen LogP contribution >= 0.6 is 0 Å². The molecule has 3 aromatic rings. The van der Waals surface area contributed by atoms with Crippen molar-refractivity contribution in [2.75, 3.05) is 51.8 Å². The molecule has 0 unspecified atom stereocenters. The lowest BCUT2D eigenvalue weighted by atomic mass is 10.1. The van der Waals surface area contributed by atoms with Crippen LogP contribution < -0.4 is 15.4 Å². The molecule has 11 heteroatoms. The SMILES string of the molecule is COc1cc2nn(C3CCN(CCOCCNC(=O)OC(C)(C)C)CC3)cc2cc1NC(=O)c1cccc(C)n1. The summed E-state index contributed by atoms with van der Waals surface area (Å²) in [4.78, 5) is 31.1. The van der Waals surface area contributed by atoms with E-state index in [0.29, 0.717) is 42.9 Å². The third-order valence-electron chi connectivity index (χ3n) is 6.61. The molecule has 0 saturated carbocycles. The topological polar surface area (TPSA) is 120 Å². The summed E-state index contributed by atoms with van der Waals surface area (Å²) < 4.78 is 18.5. The monoisotopic (exact) mass is 552 g/mol. The Labute approximate surface area is 235 Å². The van der Waals surface area contributed by atoms with Crippen LogP contribution in [0.15, 0.2) is 36.5 Å². The molecule has 1 aliphatic rings. The molecule has 0 atom stereocenters. The molecule has 0 radical (unpaired) electrons. The summed E-state index contributed by atoms with van der Waals surface area (Å²) in [5.41, 5.74) is 2.03. The number of nitrogens with zero attached hydrogens (tertiary/aromatic N) is 4. The largest absolute Gasteiger partial charge is 0.494 e. The van der Waals surface area contributed by atoms with E-state index in [2.05, 4.69) is 20.5 Å². The Morgan fingerprint density at radius 1 is 1.12 bits per heavy atom. The number of carbonyl (C=O) groups is 2. The number of hydrogen-bond donors (Lipinski definition) is 2. The molecule has 0 aliphatic carbocycles. The van der Waals surface area contributed by atoms with Gasteiger partial charge in [-0.1, -0.05) is 6.07 Å². The molecule has 3 heterocycles. The van der Waals surface area contributed by atoms with Crippen molar-refractivity contribution in [1.82, 2.24) is 25.0 Å². The van der Waals surface area contributed by atoms with E-state index >= 15 is 0 Å². The maximum absolute atomic E-state index is 12.8. The van der Waals surface area contributed by atoms with Crippen LogP contribution in [-0.2, 0) is 9.47 Å². The van der Waals surface area contributed by atoms with Crippen molar-refractivity contribution in [3.63, 3.8) is 0 Å². The fourth-order valence-electron chi connectivity index (χ4n) is 4.62. The number of piperidine rings is 1. The van der Waals surface area contributed by atoms with E-state index in [-0.39, 0.29) is 5.91 Å². The van der Waals surface area contributed by atoms with Gasteiger partial charge in [0, 0.05) is 49.5 Å². The van der Waals surface area contributed by atoms with Gasteiger partial charge in [0.25, 0.3) is 5.91 Å². The summed E-state index contributed by atoms with van der Waals surface area (Å²) in [5.74, 6) is 0.263. The number of carbonyl (C=O) groups excluding carboxylic acids is 2. The molecule has 40 heavy (non-hydrogen) atoms. The normalized spacial score (nSPS) is 14.7. The van der Waals surface area contributed by atoms with Gasteiger partial charge in [-0.3, -0.25) is 9.48 Å². The third kappa shape index (κ3) is 8.15. The minimum atomic E-state index is -0.507. The van der Waals surface area contributed by atoms with Crippen molar-refractivity contribution in [2.45, 2.75) is 52.2 Å². The van der Waals surface area contributed by atoms with Gasteiger partial charge in [-0.05, 0) is 58.7 Å². The second-order valence-electron chi connectivity index (χ2n) is 11.0. The second-order valence-corrected chi connectivity index (χ2v) is 11.0. The highest BCUT2D eigenvalue weighted by Crippen LogP contribution is 2.32. The van der Waals surface area contributed by atoms with Gasteiger partial charge in [-0.15, -0.1) is 0 Å². The van der Waals surface area contributed by atoms with Crippen LogP contribution in [0.5, 0.6) is 5.75 Å². The predicted molar refractivity (Wildman–Crippen MR) is 153 cm³/mol. The molecule has 2 amide bonds. The highest BCUT2D eigenvalue weighted by Gasteiger charge is 2.22. The van der Waals surface area contributed by atoms with E-state index in [0.717, 1.165) is 49.1 Å². The smallest absolute Gasteiger partial charge is 0.407 e. The van der Waals surface area contributed by atoms with E-state index in [1.807, 2.05) is 62.8 Å². The summed E-state index contributed by atoms with van der Waals surface area (Å²) >= 11 is 0. The van der Waals surface area contributed by atoms with Crippen LogP contribution in [0, 0.1) is 6.92 Å². The highest BCUT2D eigenvalue weighted by molar-refractivity contribution is 6.05. The average Bonchev–Trinajstić information content (AvgIpc) is 3.32. The summed E-state index contributed by atoms with van der Waals surface area (Å²) in [6.45, 7) is 11.6. The number of ether oxygens (including phenoxy) is 3. The van der Waals surface area contributed by atoms with Gasteiger partial charge < -0.3 is 29.7 Å². The zero-order valence-corrected chi connectivity index (χ0v) is 24.0. The molecule has 1 saturated heterocycles. The second kappa shape index (κ2) is 13.1. The molecular weight excluding hydrogens is 512 g/mol. The fourth-order valence-corrected chi connectivity index (χ4v) is 4.62. The Morgan fingerprint density at radius 3 is 2.60 bits per heavy atom. The molecule has 2 aromatic heterocycles. The maximum Gasteiger partial charge on any atom is 0.407 e. The number of rotatable bonds is 10. The standard InChI is InChI=1S/C29H40N6O5/c1-20-7-6-8-23(31-20)27(36)32-25-17-21-19-35(33-24(21)18-26(25)38-5)22-9-12-34(13-10-22)14-16-39-15-11-30-28(37)40-29(2,3)4/h6-8,17-19,22H,9-16H2,1-5H3,(H,30,37)(H,32,36). The van der Waals surface area contributed by atoms with Crippen LogP contribution in [0.2, 0.25) is 0 Å². The summed E-state index contributed by atoms with van der Waals surface area (Å²) in [7, 11) is 1.58. The predicted octanol–water partition coefficient (Wildman–Crippen LogP) is 4.18. The van der Waals surface area contributed by atoms with E-state index in [1.165, 1.54) is 0 Å². The van der Waals surface area contributed by atoms with Crippen molar-refractivity contribution in [1.29, 1.82) is 0 Å². The molecule has 11 nitrogen and oxygen atoms in total. The fraction of sp³-hybridized carbons (Fsp3) is 0.517. The highest BCUT2D eigenvalue weighted by atomic mass is 16.6. The number of amides is 2. The van der Waals surface area contributed by atoms with Crippen molar-refractivity contribution in [3.8, 4) is 5.75 Å². The number of benzene rings is 1. The molecular formula is C29H40N6O5. The minimum Gasteiger partial charge on any atom is -0.494 e. The first-order valence-electron chi connectivity index (χ1n) is 13.7. The van der Waals surface area contributed by atoms with E-state index < -0.39 is 11.7 Å². The van der Waals surface area contributed by atoms with Crippen LogP contribution in [0.4, 0.5) is 10.5 Å². The summed E-state index contributed by atoms with van der Waals surface area (Å²) in [5, 5.41) is 11.4. The number of aryl methyl sites for hydroxylation is 1. The Hall–Kier alpha value is -3.70. The van der Waals surface area contributed by atoms with E-state index in [1.54, 1.807) is 13.2 Å². The van der Waals surface area contributed by atoms with Gasteiger partial charge in [-0.2, -0.15) is 5.10 Å². The number of likely N-dealkylation sites (tertiary alicyclic amines) is 1. The zero-order chi connectivity index (χ0) is 28.7. The molecule has 4 rings (SSSR count). The third-order valence-corrected chi connectivity index (χ3v) is 6.61. The quantitative estimate of drug-likeness (QED) is 0.360. The average molecular weight is 553 g/mol. The first-order valence-corrected chi connectivity index (χ1v) is 13.7. The number of pyridine rings is 1. The number of anilines is 1. The number of fused-ring (bicyclic) bond motifs is 1. The molecule has 216 valence electrons. The molecule has 1 aliphatic heterocycles. The first-order chi connectivity index (χ1) is 19.1. The Bertz CT molecular complexity index is 1310. The van der Waals surface area contributed by atoms with Crippen LogP contribution in [0.25, 0.3) is 10.9 Å². The van der Waals surface area contributed by atoms with E-state index in [9.17, 15) is 9.59 Å². The van der Waals surface area contributed by atoms with Gasteiger partial charge in [0.15, 0.2) is 0 Å². The molecule has 0 bridgehead atoms. The lowest BCUT2D eigenvalue weighted by Crippen LogP contribution is -2.37. The van der Waals surface area contributed by atoms with Crippen LogP contribution in [0.1, 0.15) is 55.8 Å². The molecule has 0 spiro atoms. The first kappa shape index (κ1) is 29.3. The van der Waals surface area contributed by atoms with Gasteiger partial charge >= 0.3 is 6.09 Å². The van der Waals surface area contributed by atoms with Gasteiger partial charge in [0.2, 0.25) is 0 Å². The summed E-state index contributed by atoms with van der Waals surface area (Å²) in [6.07, 6.45) is 3.57. The van der Waals surface area contributed by atoms with Gasteiger partial charge in [0.05, 0.1) is 37.6 Å². The maximum atomic E-state index is 12.8. The summed E-state index contributed by atoms with van der Waals surface area (Å²) in [6, 6.07) is 9.40. The van der Waals surface area contributed by atoms with E-state index in [4.69, 9.17) is 19.3 Å².